The summed E-state index contributed by atoms with van der Waals surface area (Å²) < 4.78 is 5.55. The summed E-state index contributed by atoms with van der Waals surface area (Å²) in [6.07, 6.45) is 0. The van der Waals surface area contributed by atoms with Gasteiger partial charge in [-0.25, -0.2) is 4.98 Å². The van der Waals surface area contributed by atoms with Gasteiger partial charge in [-0.3, -0.25) is 9.59 Å². The van der Waals surface area contributed by atoms with Gasteiger partial charge in [-0.15, -0.1) is 0 Å². The van der Waals surface area contributed by atoms with Crippen LogP contribution in [0.5, 0.6) is 5.75 Å². The van der Waals surface area contributed by atoms with Crippen LogP contribution < -0.4 is 15.6 Å². The normalized spacial score (nSPS) is 10.7. The molecule has 0 radical (unpaired) electrons. The second-order valence-electron chi connectivity index (χ2n) is 6.36. The van der Waals surface area contributed by atoms with E-state index >= 15 is 0 Å². The lowest BCUT2D eigenvalue weighted by Crippen LogP contribution is -2.16. The van der Waals surface area contributed by atoms with E-state index in [0.717, 1.165) is 0 Å². The van der Waals surface area contributed by atoms with E-state index < -0.39 is 0 Å². The fourth-order valence-electron chi connectivity index (χ4n) is 3.14. The van der Waals surface area contributed by atoms with Crippen molar-refractivity contribution in [1.82, 2.24) is 9.97 Å². The van der Waals surface area contributed by atoms with Crippen LogP contribution in [0.1, 0.15) is 17.3 Å². The number of amides is 1. The lowest BCUT2D eigenvalue weighted by atomic mass is 10.1. The van der Waals surface area contributed by atoms with Gasteiger partial charge in [0.2, 0.25) is 0 Å². The number of carbonyl (C=O) groups is 1. The van der Waals surface area contributed by atoms with Crippen LogP contribution in [-0.2, 0) is 0 Å². The highest BCUT2D eigenvalue weighted by Gasteiger charge is 2.16. The number of nitrogens with one attached hydrogen (secondary N) is 2. The molecule has 0 saturated heterocycles. The van der Waals surface area contributed by atoms with Gasteiger partial charge in [0.1, 0.15) is 11.4 Å². The number of anilines is 1. The van der Waals surface area contributed by atoms with E-state index in [1.54, 1.807) is 48.5 Å². The Bertz CT molecular complexity index is 1250. The van der Waals surface area contributed by atoms with Gasteiger partial charge in [0.15, 0.2) is 0 Å². The summed E-state index contributed by atoms with van der Waals surface area (Å²) in [5.74, 6) is 0.186. The van der Waals surface area contributed by atoms with Crippen molar-refractivity contribution in [2.45, 2.75) is 6.92 Å². The minimum absolute atomic E-state index is 0.248. The molecule has 0 unspecified atom stereocenters. The summed E-state index contributed by atoms with van der Waals surface area (Å²) in [6, 6.07) is 21.5. The Morgan fingerprint density at radius 3 is 2.59 bits per heavy atom. The maximum Gasteiger partial charge on any atom is 0.275 e. The molecule has 0 aliphatic rings. The monoisotopic (exact) mass is 385 g/mol. The first-order valence-electron chi connectivity index (χ1n) is 9.29. The number of benzene rings is 3. The molecule has 6 heteroatoms. The molecule has 144 valence electrons. The Morgan fingerprint density at radius 2 is 1.72 bits per heavy atom. The average Bonchev–Trinajstić information content (AvgIpc) is 2.74. The van der Waals surface area contributed by atoms with Gasteiger partial charge >= 0.3 is 0 Å². The maximum absolute atomic E-state index is 12.9. The van der Waals surface area contributed by atoms with Crippen LogP contribution in [0.2, 0.25) is 0 Å². The summed E-state index contributed by atoms with van der Waals surface area (Å²) in [6.45, 7) is 2.32. The highest BCUT2D eigenvalue weighted by Crippen LogP contribution is 2.27. The first-order chi connectivity index (χ1) is 14.2. The van der Waals surface area contributed by atoms with Crippen molar-refractivity contribution in [3.8, 4) is 17.0 Å². The van der Waals surface area contributed by atoms with Gasteiger partial charge in [-0.2, -0.15) is 0 Å². The fourth-order valence-corrected chi connectivity index (χ4v) is 3.14. The Balaban J connectivity index is 1.74. The third kappa shape index (κ3) is 3.73. The molecule has 0 spiro atoms. The second kappa shape index (κ2) is 7.98. The van der Waals surface area contributed by atoms with Crippen LogP contribution in [0.25, 0.3) is 22.3 Å². The molecule has 1 aromatic heterocycles. The van der Waals surface area contributed by atoms with Crippen molar-refractivity contribution >= 4 is 22.6 Å². The predicted octanol–water partition coefficient (Wildman–Crippen LogP) is 4.24. The number of hydrogen-bond donors (Lipinski definition) is 2. The van der Waals surface area contributed by atoms with E-state index in [-0.39, 0.29) is 17.2 Å². The largest absolute Gasteiger partial charge is 0.493 e. The summed E-state index contributed by atoms with van der Waals surface area (Å²) in [4.78, 5) is 32.9. The Labute approximate surface area is 167 Å². The summed E-state index contributed by atoms with van der Waals surface area (Å²) in [5, 5.41) is 2.89. The van der Waals surface area contributed by atoms with E-state index in [0.29, 0.717) is 40.2 Å². The van der Waals surface area contributed by atoms with Crippen LogP contribution >= 0.6 is 0 Å². The average molecular weight is 385 g/mol. The first-order valence-corrected chi connectivity index (χ1v) is 9.29. The van der Waals surface area contributed by atoms with Crippen molar-refractivity contribution < 1.29 is 9.53 Å². The highest BCUT2D eigenvalue weighted by atomic mass is 16.5. The zero-order valence-electron chi connectivity index (χ0n) is 15.8. The van der Waals surface area contributed by atoms with Crippen LogP contribution in [0.3, 0.4) is 0 Å². The molecule has 1 amide bonds. The minimum Gasteiger partial charge on any atom is -0.493 e. The Morgan fingerprint density at radius 1 is 1.00 bits per heavy atom. The van der Waals surface area contributed by atoms with Crippen LogP contribution in [0.15, 0.2) is 77.6 Å². The molecule has 1 heterocycles. The Kier molecular flexibility index (Phi) is 5.07. The van der Waals surface area contributed by atoms with Gasteiger partial charge in [0.05, 0.1) is 28.9 Å². The van der Waals surface area contributed by atoms with E-state index in [1.807, 2.05) is 31.2 Å². The quantitative estimate of drug-likeness (QED) is 0.538. The molecule has 0 saturated carbocycles. The standard InChI is InChI=1S/C23H19N3O3/c1-2-29-20-14-8-4-10-16(20)22(27)25-17-11-5-3-9-15(17)21-23(28)26-19-13-7-6-12-18(19)24-21/h3-14H,2H2,1H3,(H,25,27)(H,26,28). The SMILES string of the molecule is CCOc1ccccc1C(=O)Nc1ccccc1-c1nc2ccccc2[nH]c1=O. The lowest BCUT2D eigenvalue weighted by molar-refractivity contribution is 0.102. The number of nitrogens with zero attached hydrogens (tertiary/aromatic N) is 1. The number of aromatic amines is 1. The molecular formula is C23H19N3O3. The number of H-pyrrole nitrogens is 1. The predicted molar refractivity (Wildman–Crippen MR) is 113 cm³/mol. The molecule has 6 nitrogen and oxygen atoms in total. The highest BCUT2D eigenvalue weighted by molar-refractivity contribution is 6.07. The molecule has 29 heavy (non-hydrogen) atoms. The Hall–Kier alpha value is -3.93. The minimum atomic E-state index is -0.321. The topological polar surface area (TPSA) is 84.1 Å². The van der Waals surface area contributed by atoms with E-state index in [2.05, 4.69) is 15.3 Å². The third-order valence-corrected chi connectivity index (χ3v) is 4.46. The molecule has 4 rings (SSSR count). The molecule has 0 fully saturated rings. The number of carbonyl (C=O) groups excluding carboxylic acids is 1. The molecule has 4 aromatic rings. The van der Waals surface area contributed by atoms with Gasteiger partial charge in [-0.1, -0.05) is 42.5 Å². The molecule has 2 N–H and O–H groups in total. The van der Waals surface area contributed by atoms with E-state index in [9.17, 15) is 9.59 Å². The number of rotatable bonds is 5. The van der Waals surface area contributed by atoms with Crippen LogP contribution in [0.4, 0.5) is 5.69 Å². The number of fused-ring (bicyclic) bond motifs is 1. The smallest absolute Gasteiger partial charge is 0.275 e. The zero-order chi connectivity index (χ0) is 20.2. The summed E-state index contributed by atoms with van der Waals surface area (Å²) >= 11 is 0. The molecule has 3 aromatic carbocycles. The molecule has 0 bridgehead atoms. The maximum atomic E-state index is 12.9. The molecular weight excluding hydrogens is 366 g/mol. The number of para-hydroxylation sites is 4. The number of aromatic nitrogens is 2. The first kappa shape index (κ1) is 18.4. The van der Waals surface area contributed by atoms with Gasteiger partial charge in [0.25, 0.3) is 11.5 Å². The van der Waals surface area contributed by atoms with Crippen molar-refractivity contribution in [2.75, 3.05) is 11.9 Å². The van der Waals surface area contributed by atoms with Crippen molar-refractivity contribution in [2.24, 2.45) is 0 Å². The van der Waals surface area contributed by atoms with Crippen molar-refractivity contribution in [3.63, 3.8) is 0 Å². The van der Waals surface area contributed by atoms with Crippen LogP contribution in [-0.4, -0.2) is 22.5 Å². The summed E-state index contributed by atoms with van der Waals surface area (Å²) in [5.41, 5.74) is 2.72. The van der Waals surface area contributed by atoms with Crippen molar-refractivity contribution in [1.29, 1.82) is 0 Å². The van der Waals surface area contributed by atoms with Gasteiger partial charge in [-0.05, 0) is 37.3 Å². The second-order valence-corrected chi connectivity index (χ2v) is 6.36. The van der Waals surface area contributed by atoms with E-state index in [1.165, 1.54) is 0 Å². The van der Waals surface area contributed by atoms with Gasteiger partial charge in [0, 0.05) is 5.56 Å². The van der Waals surface area contributed by atoms with Crippen LogP contribution in [0, 0.1) is 0 Å². The third-order valence-electron chi connectivity index (χ3n) is 4.46. The molecule has 0 aliphatic carbocycles. The molecule has 0 atom stereocenters. The zero-order valence-corrected chi connectivity index (χ0v) is 15.8. The van der Waals surface area contributed by atoms with Gasteiger partial charge < -0.3 is 15.0 Å². The number of hydrogen-bond acceptors (Lipinski definition) is 4. The number of ether oxygens (including phenoxy) is 1. The molecule has 0 aliphatic heterocycles. The summed E-state index contributed by atoms with van der Waals surface area (Å²) in [7, 11) is 0. The lowest BCUT2D eigenvalue weighted by Gasteiger charge is -2.13. The van der Waals surface area contributed by atoms with E-state index in [4.69, 9.17) is 4.74 Å². The van der Waals surface area contributed by atoms with Crippen molar-refractivity contribution in [3.05, 3.63) is 88.7 Å². The fraction of sp³-hybridized carbons (Fsp3) is 0.0870.